The fourth-order valence-electron chi connectivity index (χ4n) is 1.94. The smallest absolute Gasteiger partial charge is 0.364 e. The molecule has 0 aliphatic heterocycles. The molecule has 0 N–H and O–H groups in total. The minimum atomic E-state index is -0.878. The number of aromatic nitrogens is 3. The molecular formula is C14H14ClN3O4. The van der Waals surface area contributed by atoms with Crippen molar-refractivity contribution in [1.82, 2.24) is 14.3 Å². The van der Waals surface area contributed by atoms with Crippen LogP contribution in [0.25, 0.3) is 5.69 Å². The van der Waals surface area contributed by atoms with Gasteiger partial charge in [-0.25, -0.2) is 18.8 Å². The number of nitrogens with zero attached hydrogens (tertiary/aromatic N) is 3. The minimum Gasteiger partial charge on any atom is -0.461 e. The normalized spacial score (nSPS) is 10.5. The Morgan fingerprint density at radius 2 is 2.05 bits per heavy atom. The van der Waals surface area contributed by atoms with Gasteiger partial charge in [0.05, 0.1) is 12.3 Å². The highest BCUT2D eigenvalue weighted by molar-refractivity contribution is 6.30. The molecule has 0 bridgehead atoms. The van der Waals surface area contributed by atoms with Crippen molar-refractivity contribution < 1.29 is 9.53 Å². The van der Waals surface area contributed by atoms with E-state index in [4.69, 9.17) is 16.3 Å². The molecule has 22 heavy (non-hydrogen) atoms. The second kappa shape index (κ2) is 6.15. The van der Waals surface area contributed by atoms with Crippen LogP contribution >= 0.6 is 11.6 Å². The van der Waals surface area contributed by atoms with Crippen molar-refractivity contribution in [3.05, 3.63) is 55.3 Å². The predicted octanol–water partition coefficient (Wildman–Crippen LogP) is 1.07. The van der Waals surface area contributed by atoms with E-state index in [1.54, 1.807) is 26.0 Å². The lowest BCUT2D eigenvalue weighted by atomic mass is 10.2. The predicted molar refractivity (Wildman–Crippen MR) is 80.8 cm³/mol. The number of rotatable bonds is 3. The first-order valence-corrected chi connectivity index (χ1v) is 6.88. The third kappa shape index (κ3) is 2.80. The van der Waals surface area contributed by atoms with E-state index < -0.39 is 22.9 Å². The van der Waals surface area contributed by atoms with E-state index in [2.05, 4.69) is 5.10 Å². The van der Waals surface area contributed by atoms with Crippen LogP contribution in [0.5, 0.6) is 0 Å². The van der Waals surface area contributed by atoms with E-state index in [1.165, 1.54) is 13.1 Å². The molecule has 0 saturated heterocycles. The number of halogens is 1. The van der Waals surface area contributed by atoms with Gasteiger partial charge in [-0.15, -0.1) is 0 Å². The van der Waals surface area contributed by atoms with Crippen molar-refractivity contribution in [2.45, 2.75) is 13.8 Å². The SMILES string of the molecule is CCOC(=O)c1nn(C)c(=O)n(-c2cc(Cl)ccc2C)c1=O. The third-order valence-electron chi connectivity index (χ3n) is 3.00. The van der Waals surface area contributed by atoms with Gasteiger partial charge in [0.2, 0.25) is 5.69 Å². The van der Waals surface area contributed by atoms with E-state index in [-0.39, 0.29) is 6.61 Å². The third-order valence-corrected chi connectivity index (χ3v) is 3.24. The van der Waals surface area contributed by atoms with Gasteiger partial charge in [0.25, 0.3) is 5.56 Å². The minimum absolute atomic E-state index is 0.0962. The van der Waals surface area contributed by atoms with Crippen molar-refractivity contribution in [2.75, 3.05) is 6.61 Å². The molecule has 0 amide bonds. The Labute approximate surface area is 130 Å². The average molecular weight is 324 g/mol. The van der Waals surface area contributed by atoms with Gasteiger partial charge in [-0.3, -0.25) is 4.79 Å². The quantitative estimate of drug-likeness (QED) is 0.789. The van der Waals surface area contributed by atoms with E-state index in [9.17, 15) is 14.4 Å². The maximum absolute atomic E-state index is 12.5. The van der Waals surface area contributed by atoms with Gasteiger partial charge in [0.1, 0.15) is 0 Å². The van der Waals surface area contributed by atoms with Crippen LogP contribution in [0, 0.1) is 6.92 Å². The molecule has 2 aromatic rings. The molecule has 7 nitrogen and oxygen atoms in total. The first-order valence-electron chi connectivity index (χ1n) is 6.50. The highest BCUT2D eigenvalue weighted by Gasteiger charge is 2.21. The molecule has 8 heteroatoms. The van der Waals surface area contributed by atoms with Gasteiger partial charge < -0.3 is 4.74 Å². The fraction of sp³-hybridized carbons (Fsp3) is 0.286. The lowest BCUT2D eigenvalue weighted by Crippen LogP contribution is -2.43. The van der Waals surface area contributed by atoms with Crippen LogP contribution in [0.4, 0.5) is 0 Å². The molecule has 0 aliphatic carbocycles. The van der Waals surface area contributed by atoms with Gasteiger partial charge in [0.15, 0.2) is 0 Å². The molecule has 1 aromatic heterocycles. The molecule has 0 saturated carbocycles. The summed E-state index contributed by atoms with van der Waals surface area (Å²) in [7, 11) is 1.35. The summed E-state index contributed by atoms with van der Waals surface area (Å²) >= 11 is 5.93. The maximum Gasteiger partial charge on any atom is 0.364 e. The van der Waals surface area contributed by atoms with Crippen molar-refractivity contribution in [1.29, 1.82) is 0 Å². The first-order chi connectivity index (χ1) is 10.4. The summed E-state index contributed by atoms with van der Waals surface area (Å²) in [4.78, 5) is 36.5. The molecule has 1 aromatic carbocycles. The number of carbonyl (C=O) groups excluding carboxylic acids is 1. The van der Waals surface area contributed by atoms with E-state index >= 15 is 0 Å². The Kier molecular flexibility index (Phi) is 4.46. The van der Waals surface area contributed by atoms with Crippen LogP contribution in [-0.2, 0) is 11.8 Å². The molecule has 1 heterocycles. The van der Waals surface area contributed by atoms with Crippen LogP contribution < -0.4 is 11.2 Å². The second-order valence-corrected chi connectivity index (χ2v) is 4.98. The summed E-state index contributed by atoms with van der Waals surface area (Å²) < 4.78 is 6.56. The zero-order valence-corrected chi connectivity index (χ0v) is 13.0. The maximum atomic E-state index is 12.5. The Hall–Kier alpha value is -2.41. The molecule has 0 aliphatic rings. The number of ether oxygens (including phenoxy) is 1. The number of carbonyl (C=O) groups is 1. The van der Waals surface area contributed by atoms with E-state index in [1.807, 2.05) is 0 Å². The van der Waals surface area contributed by atoms with Crippen molar-refractivity contribution in [3.63, 3.8) is 0 Å². The van der Waals surface area contributed by atoms with E-state index in [0.29, 0.717) is 16.3 Å². The van der Waals surface area contributed by atoms with Gasteiger partial charge >= 0.3 is 11.7 Å². The topological polar surface area (TPSA) is 83.2 Å². The number of hydrogen-bond donors (Lipinski definition) is 0. The first kappa shape index (κ1) is 16.0. The summed E-state index contributed by atoms with van der Waals surface area (Å²) in [6, 6.07) is 4.80. The van der Waals surface area contributed by atoms with Gasteiger partial charge in [-0.05, 0) is 31.5 Å². The van der Waals surface area contributed by atoms with Crippen molar-refractivity contribution >= 4 is 17.6 Å². The van der Waals surface area contributed by atoms with Crippen LogP contribution in [-0.4, -0.2) is 26.9 Å². The van der Waals surface area contributed by atoms with Gasteiger partial charge in [-0.2, -0.15) is 5.10 Å². The Morgan fingerprint density at radius 3 is 2.68 bits per heavy atom. The number of esters is 1. The van der Waals surface area contributed by atoms with Crippen molar-refractivity contribution in [2.24, 2.45) is 7.05 Å². The van der Waals surface area contributed by atoms with E-state index in [0.717, 1.165) is 9.25 Å². The molecule has 2 rings (SSSR count). The monoisotopic (exact) mass is 323 g/mol. The molecule has 0 unspecified atom stereocenters. The van der Waals surface area contributed by atoms with Gasteiger partial charge in [0, 0.05) is 12.1 Å². The highest BCUT2D eigenvalue weighted by atomic mass is 35.5. The van der Waals surface area contributed by atoms with Crippen LogP contribution in [0.1, 0.15) is 23.0 Å². The lowest BCUT2D eigenvalue weighted by Gasteiger charge is -2.11. The fourth-order valence-corrected chi connectivity index (χ4v) is 2.10. The summed E-state index contributed by atoms with van der Waals surface area (Å²) in [6.07, 6.45) is 0. The largest absolute Gasteiger partial charge is 0.461 e. The number of hydrogen-bond acceptors (Lipinski definition) is 5. The zero-order chi connectivity index (χ0) is 16.4. The Bertz CT molecular complexity index is 854. The molecular weight excluding hydrogens is 310 g/mol. The standard InChI is InChI=1S/C14H14ClN3O4/c1-4-22-13(20)11-12(19)18(14(21)17(3)16-11)10-7-9(15)6-5-8(10)2/h5-7H,4H2,1-3H3. The number of benzene rings is 1. The summed E-state index contributed by atoms with van der Waals surface area (Å²) in [5.74, 6) is -0.878. The van der Waals surface area contributed by atoms with Crippen molar-refractivity contribution in [3.8, 4) is 5.69 Å². The highest BCUT2D eigenvalue weighted by Crippen LogP contribution is 2.17. The summed E-state index contributed by atoms with van der Waals surface area (Å²) in [6.45, 7) is 3.43. The molecule has 0 spiro atoms. The lowest BCUT2D eigenvalue weighted by molar-refractivity contribution is 0.0513. The molecule has 0 radical (unpaired) electrons. The Balaban J connectivity index is 2.81. The summed E-state index contributed by atoms with van der Waals surface area (Å²) in [5.41, 5.74) is -1.02. The number of aryl methyl sites for hydroxylation is 2. The average Bonchev–Trinajstić information content (AvgIpc) is 2.47. The van der Waals surface area contributed by atoms with Gasteiger partial charge in [-0.1, -0.05) is 17.7 Å². The second-order valence-electron chi connectivity index (χ2n) is 4.55. The molecule has 0 atom stereocenters. The van der Waals surface area contributed by atoms with Crippen LogP contribution in [0.3, 0.4) is 0 Å². The zero-order valence-electron chi connectivity index (χ0n) is 12.3. The molecule has 116 valence electrons. The molecule has 0 fully saturated rings. The summed E-state index contributed by atoms with van der Waals surface area (Å²) in [5, 5.41) is 4.06. The Morgan fingerprint density at radius 1 is 1.36 bits per heavy atom. The van der Waals surface area contributed by atoms with Crippen LogP contribution in [0.2, 0.25) is 5.02 Å². The van der Waals surface area contributed by atoms with Crippen LogP contribution in [0.15, 0.2) is 27.8 Å².